The molecule has 1 aromatic carbocycles. The Kier molecular flexibility index (Phi) is 6.13. The Morgan fingerprint density at radius 1 is 1.19 bits per heavy atom. The number of hydrogen-bond acceptors (Lipinski definition) is 7. The van der Waals surface area contributed by atoms with Gasteiger partial charge in [0.25, 0.3) is 5.91 Å². The molecule has 1 saturated carbocycles. The third-order valence-electron chi connectivity index (χ3n) is 6.21. The van der Waals surface area contributed by atoms with Crippen LogP contribution in [0.5, 0.6) is 0 Å². The van der Waals surface area contributed by atoms with Gasteiger partial charge in [0.15, 0.2) is 6.17 Å². The van der Waals surface area contributed by atoms with Crippen molar-refractivity contribution in [2.75, 3.05) is 5.32 Å². The topological polar surface area (TPSA) is 118 Å². The Hall–Kier alpha value is -3.92. The second kappa shape index (κ2) is 9.27. The van der Waals surface area contributed by atoms with Gasteiger partial charge in [0, 0.05) is 23.8 Å². The highest BCUT2D eigenvalue weighted by atomic mass is 16.7. The van der Waals surface area contributed by atoms with Gasteiger partial charge in [-0.1, -0.05) is 18.2 Å². The second-order valence-electron chi connectivity index (χ2n) is 10.2. The van der Waals surface area contributed by atoms with E-state index in [9.17, 15) is 9.59 Å². The number of hydrogen-bond donors (Lipinski definition) is 3. The molecule has 10 nitrogen and oxygen atoms in total. The van der Waals surface area contributed by atoms with Gasteiger partial charge in [-0.2, -0.15) is 0 Å². The van der Waals surface area contributed by atoms with Gasteiger partial charge in [-0.05, 0) is 69.9 Å². The van der Waals surface area contributed by atoms with Gasteiger partial charge in [-0.25, -0.2) is 14.8 Å². The fraction of sp³-hybridized carbons (Fsp3) is 0.385. The maximum absolute atomic E-state index is 13.0. The molecule has 2 aromatic heterocycles. The van der Waals surface area contributed by atoms with Crippen molar-refractivity contribution in [2.24, 2.45) is 10.9 Å². The summed E-state index contributed by atoms with van der Waals surface area (Å²) in [5.74, 6) is 0.508. The number of fused-ring (bicyclic) bond motifs is 1. The van der Waals surface area contributed by atoms with Crippen molar-refractivity contribution >= 4 is 29.2 Å². The van der Waals surface area contributed by atoms with Crippen LogP contribution in [0.25, 0.3) is 5.65 Å². The first-order valence-corrected chi connectivity index (χ1v) is 12.0. The lowest BCUT2D eigenvalue weighted by Crippen LogP contribution is -2.48. The number of nitrogens with one attached hydrogen (secondary N) is 3. The van der Waals surface area contributed by atoms with Crippen molar-refractivity contribution in [2.45, 2.75) is 58.3 Å². The van der Waals surface area contributed by atoms with Crippen LogP contribution in [0, 0.1) is 12.8 Å². The van der Waals surface area contributed by atoms with E-state index in [1.54, 1.807) is 10.6 Å². The summed E-state index contributed by atoms with van der Waals surface area (Å²) in [6.07, 6.45) is 4.06. The maximum Gasteiger partial charge on any atom is 0.407 e. The Morgan fingerprint density at radius 2 is 2.00 bits per heavy atom. The zero-order valence-corrected chi connectivity index (χ0v) is 20.7. The Balaban J connectivity index is 1.22. The molecule has 2 aliphatic rings. The van der Waals surface area contributed by atoms with E-state index >= 15 is 0 Å². The molecule has 10 heteroatoms. The number of pyridine rings is 1. The van der Waals surface area contributed by atoms with Crippen LogP contribution in [-0.2, 0) is 9.57 Å². The van der Waals surface area contributed by atoms with E-state index in [0.29, 0.717) is 22.9 Å². The molecule has 0 spiro atoms. The van der Waals surface area contributed by atoms with Gasteiger partial charge in [-0.3, -0.25) is 9.20 Å². The van der Waals surface area contributed by atoms with Crippen LogP contribution in [0.15, 0.2) is 53.8 Å². The first-order chi connectivity index (χ1) is 17.2. The summed E-state index contributed by atoms with van der Waals surface area (Å²) in [4.78, 5) is 39.6. The van der Waals surface area contributed by atoms with Gasteiger partial charge in [-0.15, -0.1) is 5.48 Å². The number of nitrogens with zero attached hydrogens (tertiary/aromatic N) is 3. The first kappa shape index (κ1) is 23.8. The Morgan fingerprint density at radius 3 is 2.78 bits per heavy atom. The summed E-state index contributed by atoms with van der Waals surface area (Å²) >= 11 is 0. The molecular weight excluding hydrogens is 460 g/mol. The molecule has 1 aliphatic heterocycles. The number of benzene rings is 1. The molecule has 188 valence electrons. The van der Waals surface area contributed by atoms with Crippen molar-refractivity contribution in [1.29, 1.82) is 0 Å². The van der Waals surface area contributed by atoms with E-state index in [-0.39, 0.29) is 24.0 Å². The third-order valence-corrected chi connectivity index (χ3v) is 6.21. The molecule has 36 heavy (non-hydrogen) atoms. The number of aryl methyl sites for hydroxylation is 1. The highest BCUT2D eigenvalue weighted by molar-refractivity contribution is 6.04. The fourth-order valence-electron chi connectivity index (χ4n) is 4.27. The quantitative estimate of drug-likeness (QED) is 0.495. The van der Waals surface area contributed by atoms with Crippen molar-refractivity contribution < 1.29 is 19.2 Å². The van der Waals surface area contributed by atoms with E-state index in [2.05, 4.69) is 21.1 Å². The molecule has 1 fully saturated rings. The Bertz CT molecular complexity index is 1340. The van der Waals surface area contributed by atoms with Crippen LogP contribution in [-0.4, -0.2) is 38.9 Å². The first-order valence-electron chi connectivity index (χ1n) is 12.0. The minimum absolute atomic E-state index is 0.0380. The van der Waals surface area contributed by atoms with Crippen LogP contribution in [0.1, 0.15) is 61.4 Å². The monoisotopic (exact) mass is 490 g/mol. The summed E-state index contributed by atoms with van der Waals surface area (Å²) in [5, 5.41) is 5.88. The molecule has 0 radical (unpaired) electrons. The number of aromatic nitrogens is 2. The van der Waals surface area contributed by atoms with Crippen LogP contribution in [0.4, 0.5) is 10.5 Å². The summed E-state index contributed by atoms with van der Waals surface area (Å²) in [6.45, 7) is 7.45. The molecule has 3 heterocycles. The smallest absolute Gasteiger partial charge is 0.407 e. The number of alkyl carbamates (subject to hydrolysis) is 1. The normalized spacial score (nSPS) is 21.3. The average Bonchev–Trinajstić information content (AvgIpc) is 3.44. The van der Waals surface area contributed by atoms with Crippen LogP contribution >= 0.6 is 0 Å². The van der Waals surface area contributed by atoms with Crippen molar-refractivity contribution in [3.05, 3.63) is 65.6 Å². The predicted octanol–water partition coefficient (Wildman–Crippen LogP) is 4.13. The molecule has 5 rings (SSSR count). The average molecular weight is 491 g/mol. The largest absolute Gasteiger partial charge is 0.444 e. The van der Waals surface area contributed by atoms with E-state index in [1.165, 1.54) is 0 Å². The zero-order valence-electron chi connectivity index (χ0n) is 20.7. The molecular formula is C26H30N6O4. The zero-order chi connectivity index (χ0) is 25.4. The highest BCUT2D eigenvalue weighted by Crippen LogP contribution is 2.33. The number of amides is 2. The molecule has 3 N–H and O–H groups in total. The van der Waals surface area contributed by atoms with Crippen LogP contribution in [0.2, 0.25) is 0 Å². The number of carbonyl (C=O) groups is 2. The lowest BCUT2D eigenvalue weighted by atomic mass is 9.80. The van der Waals surface area contributed by atoms with Gasteiger partial charge in [0.2, 0.25) is 5.90 Å². The van der Waals surface area contributed by atoms with Crippen molar-refractivity contribution in [1.82, 2.24) is 20.2 Å². The SMILES string of the molecule is Cc1ccc(C2N=C(C3CC(NC(=O)OC(C)(C)C)C3)ON2)cc1NC(=O)c1cnc2ccccn12. The lowest BCUT2D eigenvalue weighted by Gasteiger charge is -2.35. The number of imidazole rings is 1. The van der Waals surface area contributed by atoms with Gasteiger partial charge in [0.05, 0.1) is 6.20 Å². The summed E-state index contributed by atoms with van der Waals surface area (Å²) in [5.41, 5.74) is 6.10. The number of carbonyl (C=O) groups excluding carboxylic acids is 2. The summed E-state index contributed by atoms with van der Waals surface area (Å²) in [7, 11) is 0. The molecule has 3 aromatic rings. The van der Waals surface area contributed by atoms with Gasteiger partial charge >= 0.3 is 6.09 Å². The minimum Gasteiger partial charge on any atom is -0.444 e. The van der Waals surface area contributed by atoms with Crippen LogP contribution in [0.3, 0.4) is 0 Å². The van der Waals surface area contributed by atoms with E-state index < -0.39 is 11.7 Å². The van der Waals surface area contributed by atoms with E-state index in [4.69, 9.17) is 14.6 Å². The van der Waals surface area contributed by atoms with E-state index in [1.807, 2.05) is 70.3 Å². The summed E-state index contributed by atoms with van der Waals surface area (Å²) in [6, 6.07) is 11.4. The minimum atomic E-state index is -0.526. The molecule has 1 unspecified atom stereocenters. The van der Waals surface area contributed by atoms with E-state index in [0.717, 1.165) is 24.0 Å². The Labute approximate surface area is 209 Å². The van der Waals surface area contributed by atoms with Crippen LogP contribution < -0.4 is 16.1 Å². The van der Waals surface area contributed by atoms with Crippen molar-refractivity contribution in [3.8, 4) is 0 Å². The molecule has 1 atom stereocenters. The summed E-state index contributed by atoms with van der Waals surface area (Å²) < 4.78 is 7.07. The van der Waals surface area contributed by atoms with Gasteiger partial charge < -0.3 is 20.2 Å². The number of rotatable bonds is 5. The number of anilines is 1. The van der Waals surface area contributed by atoms with Crippen molar-refractivity contribution in [3.63, 3.8) is 0 Å². The fourth-order valence-corrected chi connectivity index (χ4v) is 4.27. The molecule has 0 bridgehead atoms. The molecule has 2 amide bonds. The predicted molar refractivity (Wildman–Crippen MR) is 135 cm³/mol. The highest BCUT2D eigenvalue weighted by Gasteiger charge is 2.38. The standard InChI is InChI=1S/C26H30N6O4/c1-15-8-9-16(13-19(15)29-23(33)20-14-27-21-7-5-6-10-32(20)21)22-30-24(36-31-22)17-11-18(12-17)28-25(34)35-26(2,3)4/h5-10,13-14,17-18,22,31H,11-12H2,1-4H3,(H,28,34)(H,29,33). The van der Waals surface area contributed by atoms with Gasteiger partial charge in [0.1, 0.15) is 16.9 Å². The number of hydroxylamine groups is 1. The third kappa shape index (κ3) is 5.03. The second-order valence-corrected chi connectivity index (χ2v) is 10.2. The molecule has 1 aliphatic carbocycles. The molecule has 0 saturated heterocycles. The number of aliphatic imine (C=N–C) groups is 1. The lowest BCUT2D eigenvalue weighted by molar-refractivity contribution is 0.0459. The maximum atomic E-state index is 13.0. The number of ether oxygens (including phenoxy) is 1.